The first-order valence-electron chi connectivity index (χ1n) is 4.32. The molecule has 1 aromatic heterocycles. The van der Waals surface area contributed by atoms with Gasteiger partial charge in [-0.25, -0.2) is 9.97 Å². The average molecular weight is 181 g/mol. The predicted octanol–water partition coefficient (Wildman–Crippen LogP) is 0.566. The van der Waals surface area contributed by atoms with Gasteiger partial charge in [-0.05, 0) is 6.42 Å². The molecule has 0 radical (unpaired) electrons. The smallest absolute Gasteiger partial charge is 0.152 e. The van der Waals surface area contributed by atoms with E-state index in [1.54, 1.807) is 0 Å². The van der Waals surface area contributed by atoms with E-state index in [1.165, 1.54) is 0 Å². The summed E-state index contributed by atoms with van der Waals surface area (Å²) in [5, 5.41) is 0. The molecule has 0 unspecified atom stereocenters. The molecule has 13 heavy (non-hydrogen) atoms. The quantitative estimate of drug-likeness (QED) is 0.632. The van der Waals surface area contributed by atoms with Gasteiger partial charge in [-0.2, -0.15) is 0 Å². The standard InChI is InChI=1S/C8H15N5/c1-2-3-4-5-12-7(10)6(9)8(11)13-5/h2-4,9H2,1H3,(H4,10,11,12,13). The molecule has 5 heteroatoms. The van der Waals surface area contributed by atoms with Crippen LogP contribution in [0.2, 0.25) is 0 Å². The van der Waals surface area contributed by atoms with E-state index in [0.29, 0.717) is 5.82 Å². The van der Waals surface area contributed by atoms with E-state index < -0.39 is 0 Å². The lowest BCUT2D eigenvalue weighted by Crippen LogP contribution is -2.08. The summed E-state index contributed by atoms with van der Waals surface area (Å²) < 4.78 is 0. The van der Waals surface area contributed by atoms with E-state index in [9.17, 15) is 0 Å². The Morgan fingerprint density at radius 2 is 1.62 bits per heavy atom. The Kier molecular flexibility index (Phi) is 2.89. The van der Waals surface area contributed by atoms with Crippen molar-refractivity contribution < 1.29 is 0 Å². The van der Waals surface area contributed by atoms with Crippen LogP contribution in [0.15, 0.2) is 0 Å². The van der Waals surface area contributed by atoms with Crippen LogP contribution >= 0.6 is 0 Å². The van der Waals surface area contributed by atoms with Gasteiger partial charge in [0.05, 0.1) is 0 Å². The Bertz CT molecular complexity index is 274. The van der Waals surface area contributed by atoms with E-state index in [-0.39, 0.29) is 17.3 Å². The van der Waals surface area contributed by atoms with E-state index in [2.05, 4.69) is 16.9 Å². The molecule has 0 saturated heterocycles. The molecule has 0 spiro atoms. The fraction of sp³-hybridized carbons (Fsp3) is 0.500. The number of rotatable bonds is 3. The Hall–Kier alpha value is -1.52. The molecule has 72 valence electrons. The SMILES string of the molecule is CCCCc1nc(N)c(N)c(N)n1. The summed E-state index contributed by atoms with van der Waals surface area (Å²) in [6.45, 7) is 2.10. The van der Waals surface area contributed by atoms with Gasteiger partial charge in [0.2, 0.25) is 0 Å². The number of nitrogens with two attached hydrogens (primary N) is 3. The number of hydrogen-bond acceptors (Lipinski definition) is 5. The molecule has 0 aliphatic heterocycles. The van der Waals surface area contributed by atoms with Gasteiger partial charge in [-0.3, -0.25) is 0 Å². The lowest BCUT2D eigenvalue weighted by atomic mass is 10.2. The summed E-state index contributed by atoms with van der Waals surface area (Å²) in [6.07, 6.45) is 2.92. The first-order valence-corrected chi connectivity index (χ1v) is 4.32. The maximum atomic E-state index is 5.54. The lowest BCUT2D eigenvalue weighted by Gasteiger charge is -2.05. The number of nitrogens with zero attached hydrogens (tertiary/aromatic N) is 2. The van der Waals surface area contributed by atoms with Crippen LogP contribution in [0.5, 0.6) is 0 Å². The van der Waals surface area contributed by atoms with Crippen molar-refractivity contribution in [3.8, 4) is 0 Å². The number of unbranched alkanes of at least 4 members (excludes halogenated alkanes) is 1. The van der Waals surface area contributed by atoms with Crippen molar-refractivity contribution in [2.75, 3.05) is 17.2 Å². The average Bonchev–Trinajstić information content (AvgIpc) is 2.10. The zero-order valence-electron chi connectivity index (χ0n) is 7.75. The summed E-state index contributed by atoms with van der Waals surface area (Å²) in [6, 6.07) is 0. The zero-order valence-corrected chi connectivity index (χ0v) is 7.75. The predicted molar refractivity (Wildman–Crippen MR) is 53.9 cm³/mol. The van der Waals surface area contributed by atoms with Crippen LogP contribution < -0.4 is 17.2 Å². The molecule has 0 fully saturated rings. The highest BCUT2D eigenvalue weighted by atomic mass is 15.0. The van der Waals surface area contributed by atoms with Crippen LogP contribution in [-0.2, 0) is 6.42 Å². The Morgan fingerprint density at radius 1 is 1.08 bits per heavy atom. The number of nitrogen functional groups attached to an aromatic ring is 3. The minimum absolute atomic E-state index is 0.276. The van der Waals surface area contributed by atoms with Gasteiger partial charge in [0.15, 0.2) is 11.6 Å². The molecule has 1 rings (SSSR count). The van der Waals surface area contributed by atoms with Crippen LogP contribution in [-0.4, -0.2) is 9.97 Å². The minimum Gasteiger partial charge on any atom is -0.393 e. The highest BCUT2D eigenvalue weighted by Crippen LogP contribution is 2.18. The molecule has 0 amide bonds. The van der Waals surface area contributed by atoms with Crippen LogP contribution in [0.1, 0.15) is 25.6 Å². The number of anilines is 3. The molecule has 0 aliphatic carbocycles. The van der Waals surface area contributed by atoms with Crippen molar-refractivity contribution in [2.24, 2.45) is 0 Å². The molecular formula is C8H15N5. The zero-order chi connectivity index (χ0) is 9.84. The fourth-order valence-electron chi connectivity index (χ4n) is 1.00. The van der Waals surface area contributed by atoms with E-state index in [1.807, 2.05) is 0 Å². The second-order valence-corrected chi connectivity index (χ2v) is 2.93. The second-order valence-electron chi connectivity index (χ2n) is 2.93. The molecule has 5 nitrogen and oxygen atoms in total. The normalized spacial score (nSPS) is 10.2. The maximum Gasteiger partial charge on any atom is 0.152 e. The van der Waals surface area contributed by atoms with Gasteiger partial charge >= 0.3 is 0 Å². The Morgan fingerprint density at radius 3 is 2.08 bits per heavy atom. The summed E-state index contributed by atoms with van der Waals surface area (Å²) >= 11 is 0. The van der Waals surface area contributed by atoms with Gasteiger partial charge in [-0.1, -0.05) is 13.3 Å². The van der Waals surface area contributed by atoms with Gasteiger partial charge in [-0.15, -0.1) is 0 Å². The van der Waals surface area contributed by atoms with Crippen molar-refractivity contribution in [2.45, 2.75) is 26.2 Å². The molecule has 6 N–H and O–H groups in total. The molecule has 0 atom stereocenters. The van der Waals surface area contributed by atoms with Crippen molar-refractivity contribution >= 4 is 17.3 Å². The van der Waals surface area contributed by atoms with Crippen molar-refractivity contribution in [3.63, 3.8) is 0 Å². The summed E-state index contributed by atoms with van der Waals surface area (Å²) in [5.74, 6) is 1.23. The molecule has 1 heterocycles. The van der Waals surface area contributed by atoms with Gasteiger partial charge in [0.1, 0.15) is 11.5 Å². The summed E-state index contributed by atoms with van der Waals surface area (Å²) in [7, 11) is 0. The Balaban J connectivity index is 2.86. The number of aryl methyl sites for hydroxylation is 1. The highest BCUT2D eigenvalue weighted by Gasteiger charge is 2.05. The fourth-order valence-corrected chi connectivity index (χ4v) is 1.00. The first kappa shape index (κ1) is 9.57. The Labute approximate surface area is 77.4 Å². The summed E-state index contributed by atoms with van der Waals surface area (Å²) in [5.41, 5.74) is 16.9. The molecule has 0 bridgehead atoms. The van der Waals surface area contributed by atoms with Gasteiger partial charge in [0, 0.05) is 6.42 Å². The largest absolute Gasteiger partial charge is 0.393 e. The number of hydrogen-bond donors (Lipinski definition) is 3. The third-order valence-electron chi connectivity index (χ3n) is 1.80. The van der Waals surface area contributed by atoms with Crippen LogP contribution in [0.4, 0.5) is 17.3 Å². The third kappa shape index (κ3) is 2.21. The first-order chi connectivity index (χ1) is 6.15. The van der Waals surface area contributed by atoms with E-state index in [0.717, 1.165) is 19.3 Å². The van der Waals surface area contributed by atoms with Crippen LogP contribution in [0.3, 0.4) is 0 Å². The molecule has 1 aromatic rings. The van der Waals surface area contributed by atoms with Gasteiger partial charge in [0.25, 0.3) is 0 Å². The minimum atomic E-state index is 0.276. The van der Waals surface area contributed by atoms with E-state index >= 15 is 0 Å². The lowest BCUT2D eigenvalue weighted by molar-refractivity contribution is 0.755. The van der Waals surface area contributed by atoms with Crippen molar-refractivity contribution in [3.05, 3.63) is 5.82 Å². The monoisotopic (exact) mass is 181 g/mol. The molecule has 0 aromatic carbocycles. The third-order valence-corrected chi connectivity index (χ3v) is 1.80. The van der Waals surface area contributed by atoms with Crippen molar-refractivity contribution in [1.29, 1.82) is 0 Å². The maximum absolute atomic E-state index is 5.54. The second kappa shape index (κ2) is 3.93. The van der Waals surface area contributed by atoms with Crippen molar-refractivity contribution in [1.82, 2.24) is 9.97 Å². The molecule has 0 saturated carbocycles. The van der Waals surface area contributed by atoms with E-state index in [4.69, 9.17) is 17.2 Å². The summed E-state index contributed by atoms with van der Waals surface area (Å²) in [4.78, 5) is 8.07. The van der Waals surface area contributed by atoms with Gasteiger partial charge < -0.3 is 17.2 Å². The topological polar surface area (TPSA) is 104 Å². The number of aromatic nitrogens is 2. The van der Waals surface area contributed by atoms with Crippen LogP contribution in [0, 0.1) is 0 Å². The molecule has 0 aliphatic rings. The molecular weight excluding hydrogens is 166 g/mol. The highest BCUT2D eigenvalue weighted by molar-refractivity contribution is 5.70. The van der Waals surface area contributed by atoms with Crippen LogP contribution in [0.25, 0.3) is 0 Å².